The molecule has 1 fully saturated rings. The van der Waals surface area contributed by atoms with Gasteiger partial charge in [0.2, 0.25) is 0 Å². The fourth-order valence-corrected chi connectivity index (χ4v) is 4.94. The number of nitrogens with zero attached hydrogens (tertiary/aromatic N) is 2. The number of thiocarbonyl (C=S) groups is 1. The molecule has 1 saturated heterocycles. The molecule has 11 heteroatoms. The molecule has 0 radical (unpaired) electrons. The van der Waals surface area contributed by atoms with E-state index in [2.05, 4.69) is 15.9 Å². The van der Waals surface area contributed by atoms with E-state index in [9.17, 15) is 19.3 Å². The van der Waals surface area contributed by atoms with Crippen molar-refractivity contribution in [3.8, 4) is 5.75 Å². The predicted molar refractivity (Wildman–Crippen MR) is 139 cm³/mol. The SMILES string of the molecule is O=C1/C(=C/c2cc(Br)ccc2OCc2ccc([N+](=O)[O-])cc2)SC(=S)N1c1ccc(F)c(Cl)c1. The van der Waals surface area contributed by atoms with Crippen molar-refractivity contribution in [2.45, 2.75) is 6.61 Å². The van der Waals surface area contributed by atoms with E-state index in [1.54, 1.807) is 36.4 Å². The van der Waals surface area contributed by atoms with Crippen LogP contribution in [0.5, 0.6) is 5.75 Å². The fraction of sp³-hybridized carbons (Fsp3) is 0.0435. The van der Waals surface area contributed by atoms with E-state index in [-0.39, 0.29) is 23.2 Å². The van der Waals surface area contributed by atoms with Gasteiger partial charge in [-0.2, -0.15) is 0 Å². The number of benzene rings is 3. The van der Waals surface area contributed by atoms with Crippen molar-refractivity contribution >= 4 is 79.2 Å². The number of anilines is 1. The summed E-state index contributed by atoms with van der Waals surface area (Å²) in [7, 11) is 0. The van der Waals surface area contributed by atoms with Crippen molar-refractivity contribution in [3.05, 3.63) is 102 Å². The lowest BCUT2D eigenvalue weighted by Crippen LogP contribution is -2.27. The predicted octanol–water partition coefficient (Wildman–Crippen LogP) is 7.13. The number of halogens is 3. The average molecular weight is 580 g/mol. The molecule has 1 aliphatic heterocycles. The molecule has 3 aromatic rings. The van der Waals surface area contributed by atoms with Crippen LogP contribution in [0.15, 0.2) is 70.0 Å². The van der Waals surface area contributed by atoms with Crippen molar-refractivity contribution in [2.24, 2.45) is 0 Å². The molecule has 34 heavy (non-hydrogen) atoms. The van der Waals surface area contributed by atoms with Gasteiger partial charge < -0.3 is 4.74 Å². The third kappa shape index (κ3) is 5.30. The number of carbonyl (C=O) groups excluding carboxylic acids is 1. The number of thioether (sulfide) groups is 1. The Bertz CT molecular complexity index is 1350. The molecule has 1 heterocycles. The van der Waals surface area contributed by atoms with E-state index in [0.717, 1.165) is 21.8 Å². The molecule has 0 spiro atoms. The van der Waals surface area contributed by atoms with Crippen LogP contribution in [0.3, 0.4) is 0 Å². The molecule has 172 valence electrons. The number of hydrogen-bond acceptors (Lipinski definition) is 6. The molecule has 0 unspecified atom stereocenters. The molecule has 0 N–H and O–H groups in total. The first-order chi connectivity index (χ1) is 16.2. The Morgan fingerprint density at radius 1 is 1.18 bits per heavy atom. The number of carbonyl (C=O) groups is 1. The van der Waals surface area contributed by atoms with Gasteiger partial charge in [0.15, 0.2) is 4.32 Å². The first kappa shape index (κ1) is 24.3. The summed E-state index contributed by atoms with van der Waals surface area (Å²) in [5, 5.41) is 10.7. The van der Waals surface area contributed by atoms with E-state index in [4.69, 9.17) is 28.6 Å². The first-order valence-electron chi connectivity index (χ1n) is 9.61. The van der Waals surface area contributed by atoms with Gasteiger partial charge in [-0.15, -0.1) is 0 Å². The van der Waals surface area contributed by atoms with Crippen molar-refractivity contribution in [1.29, 1.82) is 0 Å². The highest BCUT2D eigenvalue weighted by atomic mass is 79.9. The minimum atomic E-state index is -0.588. The molecular weight excluding hydrogens is 567 g/mol. The Labute approximate surface area is 216 Å². The summed E-state index contributed by atoms with van der Waals surface area (Å²) in [5.74, 6) is -0.439. The highest BCUT2D eigenvalue weighted by Gasteiger charge is 2.33. The lowest BCUT2D eigenvalue weighted by Gasteiger charge is -2.15. The van der Waals surface area contributed by atoms with Crippen LogP contribution in [0, 0.1) is 15.9 Å². The smallest absolute Gasteiger partial charge is 0.270 e. The molecule has 0 aliphatic carbocycles. The molecule has 4 rings (SSSR count). The number of non-ortho nitro benzene ring substituents is 1. The summed E-state index contributed by atoms with van der Waals surface area (Å²) in [6, 6.07) is 15.4. The van der Waals surface area contributed by atoms with Crippen LogP contribution in [0.4, 0.5) is 15.8 Å². The van der Waals surface area contributed by atoms with Crippen LogP contribution in [0.25, 0.3) is 6.08 Å². The summed E-state index contributed by atoms with van der Waals surface area (Å²) in [4.78, 5) is 25.1. The van der Waals surface area contributed by atoms with E-state index in [0.29, 0.717) is 26.2 Å². The standard InChI is InChI=1S/C23H13BrClFN2O4S2/c24-15-3-8-20(32-12-13-1-4-16(5-2-13)28(30)31)14(9-15)10-21-22(29)27(23(33)34-21)17-6-7-19(26)18(25)11-17/h1-11H,12H2/b21-10-. The van der Waals surface area contributed by atoms with Gasteiger partial charge >= 0.3 is 0 Å². The molecule has 6 nitrogen and oxygen atoms in total. The fourth-order valence-electron chi connectivity index (χ4n) is 3.09. The Hall–Kier alpha value is -2.79. The first-order valence-corrected chi connectivity index (χ1v) is 12.0. The summed E-state index contributed by atoms with van der Waals surface area (Å²) in [5.41, 5.74) is 1.76. The summed E-state index contributed by atoms with van der Waals surface area (Å²) in [6.45, 7) is 0.176. The van der Waals surface area contributed by atoms with Crippen molar-refractivity contribution in [3.63, 3.8) is 0 Å². The Morgan fingerprint density at radius 3 is 2.59 bits per heavy atom. The zero-order valence-electron chi connectivity index (χ0n) is 17.0. The van der Waals surface area contributed by atoms with Gasteiger partial charge in [0.1, 0.15) is 18.2 Å². The number of ether oxygens (including phenoxy) is 1. The normalized spacial score (nSPS) is 14.7. The van der Waals surface area contributed by atoms with Gasteiger partial charge in [-0.25, -0.2) is 4.39 Å². The van der Waals surface area contributed by atoms with Crippen LogP contribution in [0.1, 0.15) is 11.1 Å². The average Bonchev–Trinajstić information content (AvgIpc) is 3.08. The Balaban J connectivity index is 1.58. The zero-order chi connectivity index (χ0) is 24.4. The summed E-state index contributed by atoms with van der Waals surface area (Å²) >= 11 is 15.8. The third-order valence-corrected chi connectivity index (χ3v) is 6.84. The second kappa shape index (κ2) is 10.2. The van der Waals surface area contributed by atoms with E-state index < -0.39 is 10.7 Å². The van der Waals surface area contributed by atoms with Crippen molar-refractivity contribution < 1.29 is 18.8 Å². The number of nitro groups is 1. The zero-order valence-corrected chi connectivity index (χ0v) is 21.0. The maximum Gasteiger partial charge on any atom is 0.270 e. The number of nitro benzene ring substituents is 1. The molecule has 0 atom stereocenters. The molecular formula is C23H13BrClFN2O4S2. The van der Waals surface area contributed by atoms with Crippen LogP contribution >= 0.6 is 51.5 Å². The highest BCUT2D eigenvalue weighted by Crippen LogP contribution is 2.38. The van der Waals surface area contributed by atoms with Crippen LogP contribution in [0.2, 0.25) is 5.02 Å². The number of amides is 1. The largest absolute Gasteiger partial charge is 0.488 e. The van der Waals surface area contributed by atoms with E-state index >= 15 is 0 Å². The maximum absolute atomic E-state index is 13.5. The Morgan fingerprint density at radius 2 is 1.91 bits per heavy atom. The van der Waals surface area contributed by atoms with Gasteiger partial charge in [0, 0.05) is 22.2 Å². The lowest BCUT2D eigenvalue weighted by atomic mass is 10.1. The monoisotopic (exact) mass is 578 g/mol. The van der Waals surface area contributed by atoms with E-state index in [1.165, 1.54) is 35.2 Å². The molecule has 1 amide bonds. The van der Waals surface area contributed by atoms with E-state index in [1.807, 2.05) is 0 Å². The highest BCUT2D eigenvalue weighted by molar-refractivity contribution is 9.10. The van der Waals surface area contributed by atoms with Crippen LogP contribution in [-0.4, -0.2) is 15.2 Å². The molecule has 3 aromatic carbocycles. The molecule has 1 aliphatic rings. The van der Waals surface area contributed by atoms with Gasteiger partial charge in [-0.3, -0.25) is 19.8 Å². The number of hydrogen-bond donors (Lipinski definition) is 0. The minimum Gasteiger partial charge on any atom is -0.488 e. The summed E-state index contributed by atoms with van der Waals surface area (Å²) in [6.07, 6.45) is 1.67. The maximum atomic E-state index is 13.5. The van der Waals surface area contributed by atoms with Gasteiger partial charge in [-0.05, 0) is 60.2 Å². The second-order valence-electron chi connectivity index (χ2n) is 7.01. The molecule has 0 saturated carbocycles. The summed E-state index contributed by atoms with van der Waals surface area (Å²) < 4.78 is 20.5. The third-order valence-electron chi connectivity index (χ3n) is 4.76. The Kier molecular flexibility index (Phi) is 7.32. The quantitative estimate of drug-likeness (QED) is 0.134. The van der Waals surface area contributed by atoms with Gasteiger partial charge in [0.25, 0.3) is 11.6 Å². The number of rotatable bonds is 6. The van der Waals surface area contributed by atoms with Crippen LogP contribution in [-0.2, 0) is 11.4 Å². The molecule has 0 bridgehead atoms. The van der Waals surface area contributed by atoms with Gasteiger partial charge in [-0.1, -0.05) is 51.5 Å². The van der Waals surface area contributed by atoms with Crippen LogP contribution < -0.4 is 9.64 Å². The van der Waals surface area contributed by atoms with Crippen molar-refractivity contribution in [2.75, 3.05) is 4.90 Å². The minimum absolute atomic E-state index is 0.00227. The van der Waals surface area contributed by atoms with Crippen molar-refractivity contribution in [1.82, 2.24) is 0 Å². The lowest BCUT2D eigenvalue weighted by molar-refractivity contribution is -0.384. The molecule has 0 aromatic heterocycles. The van der Waals surface area contributed by atoms with Gasteiger partial charge in [0.05, 0.1) is 20.5 Å². The topological polar surface area (TPSA) is 72.7 Å². The second-order valence-corrected chi connectivity index (χ2v) is 10.0.